The van der Waals surface area contributed by atoms with Gasteiger partial charge in [0.25, 0.3) is 5.69 Å². The van der Waals surface area contributed by atoms with E-state index in [1.807, 2.05) is 0 Å². The molecule has 2 aromatic rings. The summed E-state index contributed by atoms with van der Waals surface area (Å²) in [7, 11) is -1.13. The first kappa shape index (κ1) is 12.6. The van der Waals surface area contributed by atoms with E-state index in [1.165, 1.54) is 23.5 Å². The smallest absolute Gasteiger partial charge is 0.271 e. The lowest BCUT2D eigenvalue weighted by Crippen LogP contribution is -2.18. The van der Waals surface area contributed by atoms with E-state index in [0.29, 0.717) is 9.86 Å². The maximum atomic E-state index is 12.3. The van der Waals surface area contributed by atoms with Crippen LogP contribution in [0.4, 0.5) is 5.69 Å². The summed E-state index contributed by atoms with van der Waals surface area (Å²) in [5.41, 5.74) is 0.561. The number of non-ortho nitro benzene ring substituents is 1. The second kappa shape index (κ2) is 4.95. The lowest BCUT2D eigenvalue weighted by atomic mass is 10.3. The quantitative estimate of drug-likeness (QED) is 0.688. The van der Waals surface area contributed by atoms with Gasteiger partial charge in [0.2, 0.25) is 0 Å². The molecule has 1 N–H and O–H groups in total. The van der Waals surface area contributed by atoms with Crippen LogP contribution >= 0.6 is 11.3 Å². The third kappa shape index (κ3) is 2.38. The lowest BCUT2D eigenvalue weighted by Gasteiger charge is -2.03. The molecule has 3 rings (SSSR count). The first-order valence-corrected chi connectivity index (χ1v) is 7.84. The van der Waals surface area contributed by atoms with E-state index < -0.39 is 15.7 Å². The summed E-state index contributed by atoms with van der Waals surface area (Å²) < 4.78 is 13.7. The van der Waals surface area contributed by atoms with Crippen molar-refractivity contribution in [2.45, 2.75) is 16.0 Å². The highest BCUT2D eigenvalue weighted by molar-refractivity contribution is 7.88. The van der Waals surface area contributed by atoms with Crippen molar-refractivity contribution in [1.29, 1.82) is 0 Å². The fourth-order valence-corrected chi connectivity index (χ4v) is 4.81. The summed E-state index contributed by atoms with van der Waals surface area (Å²) >= 11 is 1.35. The van der Waals surface area contributed by atoms with Crippen molar-refractivity contribution in [3.63, 3.8) is 0 Å². The minimum Gasteiger partial charge on any atom is -0.315 e. The minimum atomic E-state index is -1.13. The van der Waals surface area contributed by atoms with E-state index in [-0.39, 0.29) is 10.9 Å². The number of nitrogens with zero attached hydrogens (tertiary/aromatic N) is 2. The molecular formula is C11H11N3O3S2. The number of nitrogens with one attached hydrogen (secondary N) is 1. The van der Waals surface area contributed by atoms with Gasteiger partial charge in [0.05, 0.1) is 31.2 Å². The van der Waals surface area contributed by atoms with E-state index in [0.717, 1.165) is 24.2 Å². The molecule has 1 aromatic heterocycles. The van der Waals surface area contributed by atoms with Gasteiger partial charge in [0, 0.05) is 18.7 Å². The fourth-order valence-electron chi connectivity index (χ4n) is 2.05. The van der Waals surface area contributed by atoms with Crippen LogP contribution in [0.1, 0.15) is 6.42 Å². The predicted octanol–water partition coefficient (Wildman–Crippen LogP) is 1.67. The van der Waals surface area contributed by atoms with Gasteiger partial charge in [-0.3, -0.25) is 14.3 Å². The summed E-state index contributed by atoms with van der Waals surface area (Å²) in [4.78, 5) is 14.5. The zero-order valence-electron chi connectivity index (χ0n) is 9.87. The van der Waals surface area contributed by atoms with E-state index in [9.17, 15) is 14.3 Å². The number of aromatic nitrogens is 1. The van der Waals surface area contributed by atoms with Crippen molar-refractivity contribution in [1.82, 2.24) is 10.3 Å². The Morgan fingerprint density at radius 3 is 3.05 bits per heavy atom. The van der Waals surface area contributed by atoms with Gasteiger partial charge >= 0.3 is 0 Å². The first-order valence-electron chi connectivity index (χ1n) is 5.81. The van der Waals surface area contributed by atoms with Crippen molar-refractivity contribution >= 4 is 38.0 Å². The summed E-state index contributed by atoms with van der Waals surface area (Å²) in [6.45, 7) is 1.62. The van der Waals surface area contributed by atoms with Gasteiger partial charge in [-0.05, 0) is 19.0 Å². The summed E-state index contributed by atoms with van der Waals surface area (Å²) in [6.07, 6.45) is 0.878. The van der Waals surface area contributed by atoms with Gasteiger partial charge in [-0.1, -0.05) is 0 Å². The predicted molar refractivity (Wildman–Crippen MR) is 74.0 cm³/mol. The molecule has 19 heavy (non-hydrogen) atoms. The van der Waals surface area contributed by atoms with Crippen molar-refractivity contribution in [3.05, 3.63) is 28.3 Å². The van der Waals surface area contributed by atoms with Gasteiger partial charge in [0.1, 0.15) is 0 Å². The summed E-state index contributed by atoms with van der Waals surface area (Å²) in [5, 5.41) is 14.0. The highest BCUT2D eigenvalue weighted by Crippen LogP contribution is 2.29. The first-order chi connectivity index (χ1) is 9.15. The molecule has 8 heteroatoms. The molecule has 2 heterocycles. The van der Waals surface area contributed by atoms with Crippen LogP contribution in [0.25, 0.3) is 10.2 Å². The molecule has 1 aromatic carbocycles. The molecule has 0 spiro atoms. The Morgan fingerprint density at radius 2 is 2.37 bits per heavy atom. The van der Waals surface area contributed by atoms with Crippen LogP contribution in [0.3, 0.4) is 0 Å². The van der Waals surface area contributed by atoms with Crippen LogP contribution < -0.4 is 5.32 Å². The minimum absolute atomic E-state index is 0.0117. The van der Waals surface area contributed by atoms with Gasteiger partial charge in [-0.15, -0.1) is 11.3 Å². The largest absolute Gasteiger partial charge is 0.315 e. The number of thiazole rings is 1. The van der Waals surface area contributed by atoms with Gasteiger partial charge in [-0.2, -0.15) is 0 Å². The van der Waals surface area contributed by atoms with Crippen LogP contribution in [-0.4, -0.2) is 32.5 Å². The Balaban J connectivity index is 1.96. The zero-order valence-corrected chi connectivity index (χ0v) is 11.5. The average molecular weight is 297 g/mol. The molecule has 1 unspecified atom stereocenters. The second-order valence-corrected chi connectivity index (χ2v) is 7.24. The zero-order chi connectivity index (χ0) is 13.4. The van der Waals surface area contributed by atoms with Crippen molar-refractivity contribution in [3.8, 4) is 0 Å². The maximum Gasteiger partial charge on any atom is 0.271 e. The fraction of sp³-hybridized carbons (Fsp3) is 0.364. The Morgan fingerprint density at radius 1 is 1.53 bits per heavy atom. The molecule has 0 bridgehead atoms. The summed E-state index contributed by atoms with van der Waals surface area (Å²) in [6, 6.07) is 4.54. The molecule has 0 radical (unpaired) electrons. The van der Waals surface area contributed by atoms with Crippen LogP contribution in [0.15, 0.2) is 22.5 Å². The Labute approximate surface area is 115 Å². The van der Waals surface area contributed by atoms with Crippen LogP contribution in [0, 0.1) is 10.1 Å². The Kier molecular flexibility index (Phi) is 3.29. The highest BCUT2D eigenvalue weighted by atomic mass is 32.2. The number of nitro groups is 1. The number of hydrogen-bond acceptors (Lipinski definition) is 6. The monoisotopic (exact) mass is 297 g/mol. The van der Waals surface area contributed by atoms with E-state index >= 15 is 0 Å². The Hall–Kier alpha value is -1.38. The molecule has 0 aliphatic carbocycles. The molecule has 1 fully saturated rings. The molecule has 0 amide bonds. The molecule has 100 valence electrons. The van der Waals surface area contributed by atoms with Gasteiger partial charge in [-0.25, -0.2) is 4.98 Å². The van der Waals surface area contributed by atoms with Crippen molar-refractivity contribution < 1.29 is 9.13 Å². The number of nitro benzene ring substituents is 1. The summed E-state index contributed by atoms with van der Waals surface area (Å²) in [5.74, 6) is 0. The van der Waals surface area contributed by atoms with Gasteiger partial charge in [0.15, 0.2) is 4.34 Å². The van der Waals surface area contributed by atoms with E-state index in [2.05, 4.69) is 10.3 Å². The second-order valence-electron chi connectivity index (χ2n) is 4.30. The SMILES string of the molecule is O=[N+]([O-])c1ccc2sc(S(=O)[C@H]3CCNC3)nc2c1. The van der Waals surface area contributed by atoms with Crippen LogP contribution in [-0.2, 0) is 10.8 Å². The maximum absolute atomic E-state index is 12.3. The number of fused-ring (bicyclic) bond motifs is 1. The molecule has 2 atom stereocenters. The molecule has 1 aliphatic rings. The third-order valence-corrected chi connectivity index (χ3v) is 6.07. The van der Waals surface area contributed by atoms with Crippen LogP contribution in [0.5, 0.6) is 0 Å². The third-order valence-electron chi connectivity index (χ3n) is 3.05. The molecular weight excluding hydrogens is 286 g/mol. The van der Waals surface area contributed by atoms with E-state index in [1.54, 1.807) is 6.07 Å². The number of benzene rings is 1. The molecule has 1 saturated heterocycles. The number of rotatable bonds is 3. The molecule has 0 saturated carbocycles. The van der Waals surface area contributed by atoms with Crippen LogP contribution in [0.2, 0.25) is 0 Å². The number of hydrogen-bond donors (Lipinski definition) is 1. The normalized spacial score (nSPS) is 20.7. The Bertz CT molecular complexity index is 664. The highest BCUT2D eigenvalue weighted by Gasteiger charge is 2.25. The standard InChI is InChI=1S/C11H11N3O3S2/c15-14(16)7-1-2-10-9(5-7)13-11(18-10)19(17)8-3-4-12-6-8/h1-2,5,8,12H,3-4,6H2/t8-,19?/m0/s1. The lowest BCUT2D eigenvalue weighted by molar-refractivity contribution is -0.384. The molecule has 6 nitrogen and oxygen atoms in total. The van der Waals surface area contributed by atoms with Crippen molar-refractivity contribution in [2.24, 2.45) is 0 Å². The topological polar surface area (TPSA) is 85.1 Å². The average Bonchev–Trinajstić information content (AvgIpc) is 3.06. The molecule has 1 aliphatic heterocycles. The van der Waals surface area contributed by atoms with Crippen molar-refractivity contribution in [2.75, 3.05) is 13.1 Å². The van der Waals surface area contributed by atoms with E-state index in [4.69, 9.17) is 0 Å². The van der Waals surface area contributed by atoms with Gasteiger partial charge < -0.3 is 5.32 Å².